The van der Waals surface area contributed by atoms with Crippen molar-refractivity contribution in [3.63, 3.8) is 0 Å². The number of hydrogen-bond donors (Lipinski definition) is 4. The molecule has 16 nitrogen and oxygen atoms in total. The molecule has 0 unspecified atom stereocenters. The van der Waals surface area contributed by atoms with Gasteiger partial charge in [0, 0.05) is 63.4 Å². The van der Waals surface area contributed by atoms with Crippen LogP contribution in [0.3, 0.4) is 0 Å². The number of ether oxygens (including phenoxy) is 1. The van der Waals surface area contributed by atoms with E-state index in [1.54, 1.807) is 23.5 Å². The fraction of sp³-hybridized carbons (Fsp3) is 0.510. The van der Waals surface area contributed by atoms with Gasteiger partial charge in [0.05, 0.1) is 45.7 Å². The summed E-state index contributed by atoms with van der Waals surface area (Å²) < 4.78 is 11.8. The number of amides is 2. The van der Waals surface area contributed by atoms with Gasteiger partial charge in [-0.2, -0.15) is 0 Å². The van der Waals surface area contributed by atoms with E-state index in [2.05, 4.69) is 58.7 Å². The molecule has 2 aromatic carbocycles. The van der Waals surface area contributed by atoms with Gasteiger partial charge in [-0.15, -0.1) is 21.5 Å². The van der Waals surface area contributed by atoms with E-state index in [9.17, 15) is 19.8 Å². The number of para-hydroxylation sites is 1. The van der Waals surface area contributed by atoms with Crippen molar-refractivity contribution in [3.05, 3.63) is 83.2 Å². The van der Waals surface area contributed by atoms with Crippen molar-refractivity contribution in [1.82, 2.24) is 40.4 Å². The molecule has 17 heteroatoms. The minimum atomic E-state index is -0.818. The number of nitrogens with one attached hydrogen (secondary N) is 2. The number of β-amino-alcohol motifs (C(OH)–C–C–N with tert-alkyl or cyclic N) is 1. The molecule has 6 atom stereocenters. The smallest absolute Gasteiger partial charge is 0.254 e. The van der Waals surface area contributed by atoms with Gasteiger partial charge in [-0.25, -0.2) is 4.98 Å². The molecule has 0 radical (unpaired) electrons. The average molecular weight is 919 g/mol. The maximum Gasteiger partial charge on any atom is 0.254 e. The Bertz CT molecular complexity index is 2470. The third-order valence-corrected chi connectivity index (χ3v) is 15.0. The summed E-state index contributed by atoms with van der Waals surface area (Å²) in [4.78, 5) is 42.5. The fourth-order valence-electron chi connectivity index (χ4n) is 10.2. The lowest BCUT2D eigenvalue weighted by Gasteiger charge is -2.50. The van der Waals surface area contributed by atoms with Crippen LogP contribution in [-0.4, -0.2) is 140 Å². The predicted octanol–water partition coefficient (Wildman–Crippen LogP) is 5.94. The molecule has 5 aromatic rings. The van der Waals surface area contributed by atoms with Crippen molar-refractivity contribution in [1.29, 1.82) is 0 Å². The molecule has 66 heavy (non-hydrogen) atoms. The largest absolute Gasteiger partial charge is 0.507 e. The van der Waals surface area contributed by atoms with Crippen LogP contribution in [-0.2, 0) is 9.59 Å². The highest BCUT2D eigenvalue weighted by Gasteiger charge is 2.44. The maximum atomic E-state index is 14.2. The highest BCUT2D eigenvalue weighted by atomic mass is 32.1. The fourth-order valence-corrected chi connectivity index (χ4v) is 11.0. The van der Waals surface area contributed by atoms with Crippen molar-refractivity contribution < 1.29 is 29.1 Å². The summed E-state index contributed by atoms with van der Waals surface area (Å²) >= 11 is 1.59. The van der Waals surface area contributed by atoms with Gasteiger partial charge in [0.25, 0.3) is 5.88 Å². The quantitative estimate of drug-likeness (QED) is 0.103. The Morgan fingerprint density at radius 2 is 1.82 bits per heavy atom. The maximum absolute atomic E-state index is 14.2. The molecular formula is C49H62N10O6S. The summed E-state index contributed by atoms with van der Waals surface area (Å²) in [5.74, 6) is 0.861. The van der Waals surface area contributed by atoms with Crippen LogP contribution >= 0.6 is 11.3 Å². The lowest BCUT2D eigenvalue weighted by atomic mass is 9.91. The van der Waals surface area contributed by atoms with Gasteiger partial charge in [-0.3, -0.25) is 19.4 Å². The van der Waals surface area contributed by atoms with Gasteiger partial charge in [0.1, 0.15) is 24.3 Å². The molecule has 0 saturated carbocycles. The summed E-state index contributed by atoms with van der Waals surface area (Å²) in [5, 5.41) is 40.8. The van der Waals surface area contributed by atoms with E-state index >= 15 is 0 Å². The molecule has 0 spiro atoms. The van der Waals surface area contributed by atoms with Crippen LogP contribution < -0.4 is 20.3 Å². The molecule has 0 aliphatic carbocycles. The second kappa shape index (κ2) is 19.7. The molecule has 350 valence electrons. The zero-order chi connectivity index (χ0) is 46.1. The molecule has 3 fully saturated rings. The summed E-state index contributed by atoms with van der Waals surface area (Å²) in [6, 6.07) is 18.6. The Kier molecular flexibility index (Phi) is 13.6. The number of likely N-dealkylation sites (tertiary alicyclic amines) is 2. The number of phenolic OH excluding ortho intramolecular Hbond substituents is 1. The zero-order valence-corrected chi connectivity index (χ0v) is 39.3. The monoisotopic (exact) mass is 918 g/mol. The SMILES string of the molecule is Cc1ncsc1-c1ccc([C@H](C)NC(=O)[C@@H]2C[C@@H](O)CN2C(=O)[C@@H](c2cc(OCCN3CCC(CN4C[C@@H]5CNc6nnc(-c7ccccc7O)cc6N5C[C@@H]4C)CC3)no2)C(C)C)cc1. The molecule has 2 amide bonds. The van der Waals surface area contributed by atoms with Crippen LogP contribution in [0.2, 0.25) is 0 Å². The highest BCUT2D eigenvalue weighted by Crippen LogP contribution is 2.38. The minimum absolute atomic E-state index is 0.0634. The van der Waals surface area contributed by atoms with Gasteiger partial charge in [-0.05, 0) is 93.0 Å². The first kappa shape index (κ1) is 45.5. The number of aromatic hydroxyl groups is 1. The van der Waals surface area contributed by atoms with Gasteiger partial charge in [0.2, 0.25) is 11.8 Å². The summed E-state index contributed by atoms with van der Waals surface area (Å²) in [6.07, 6.45) is 1.58. The number of nitrogens with zero attached hydrogens (tertiary/aromatic N) is 8. The van der Waals surface area contributed by atoms with Crippen molar-refractivity contribution in [2.75, 3.05) is 69.2 Å². The normalized spacial score (nSPS) is 22.4. The Morgan fingerprint density at radius 1 is 1.03 bits per heavy atom. The lowest BCUT2D eigenvalue weighted by Crippen LogP contribution is -2.62. The Labute approximate surface area is 390 Å². The number of aliphatic hydroxyl groups is 1. The number of hydrogen-bond acceptors (Lipinski definition) is 15. The number of benzene rings is 2. The van der Waals surface area contributed by atoms with E-state index in [0.29, 0.717) is 47.5 Å². The van der Waals surface area contributed by atoms with Crippen LogP contribution in [0.4, 0.5) is 11.5 Å². The molecule has 4 aliphatic rings. The average Bonchev–Trinajstić information content (AvgIpc) is 4.07. The van der Waals surface area contributed by atoms with Crippen molar-refractivity contribution in [2.24, 2.45) is 11.8 Å². The minimum Gasteiger partial charge on any atom is -0.507 e. The van der Waals surface area contributed by atoms with E-state index in [-0.39, 0.29) is 42.5 Å². The molecule has 0 bridgehead atoms. The van der Waals surface area contributed by atoms with Gasteiger partial charge >= 0.3 is 0 Å². The Hall–Kier alpha value is -5.62. The van der Waals surface area contributed by atoms with E-state index in [4.69, 9.17) is 9.26 Å². The van der Waals surface area contributed by atoms with E-state index in [1.807, 2.05) is 75.7 Å². The number of carbonyl (C=O) groups is 2. The third-order valence-electron chi connectivity index (χ3n) is 14.0. The van der Waals surface area contributed by atoms with Crippen LogP contribution in [0.5, 0.6) is 11.6 Å². The Balaban J connectivity index is 0.733. The van der Waals surface area contributed by atoms with Crippen LogP contribution in [0.15, 0.2) is 70.7 Å². The molecule has 7 heterocycles. The van der Waals surface area contributed by atoms with Gasteiger partial charge in [0.15, 0.2) is 11.6 Å². The number of fused-ring (bicyclic) bond motifs is 3. The first-order valence-electron chi connectivity index (χ1n) is 23.4. The number of rotatable bonds is 14. The Morgan fingerprint density at radius 3 is 2.56 bits per heavy atom. The van der Waals surface area contributed by atoms with Crippen molar-refractivity contribution in [3.8, 4) is 33.3 Å². The summed E-state index contributed by atoms with van der Waals surface area (Å²) in [6.45, 7) is 17.1. The number of aryl methyl sites for hydroxylation is 1. The van der Waals surface area contributed by atoms with Gasteiger partial charge in [-0.1, -0.05) is 50.2 Å². The molecule has 9 rings (SSSR count). The number of carbonyl (C=O) groups excluding carboxylic acids is 2. The molecule has 3 saturated heterocycles. The summed E-state index contributed by atoms with van der Waals surface area (Å²) in [5.41, 5.74) is 7.22. The molecule has 4 aliphatic heterocycles. The van der Waals surface area contributed by atoms with E-state index in [1.165, 1.54) is 4.90 Å². The third kappa shape index (κ3) is 9.75. The zero-order valence-electron chi connectivity index (χ0n) is 38.5. The molecular weight excluding hydrogens is 857 g/mol. The van der Waals surface area contributed by atoms with Crippen molar-refractivity contribution >= 4 is 34.7 Å². The summed E-state index contributed by atoms with van der Waals surface area (Å²) in [7, 11) is 0. The second-order valence-corrected chi connectivity index (χ2v) is 19.8. The van der Waals surface area contributed by atoms with Crippen LogP contribution in [0, 0.1) is 18.8 Å². The highest BCUT2D eigenvalue weighted by molar-refractivity contribution is 7.13. The number of piperidine rings is 1. The van der Waals surface area contributed by atoms with Crippen molar-refractivity contribution in [2.45, 2.75) is 90.1 Å². The van der Waals surface area contributed by atoms with Crippen LogP contribution in [0.25, 0.3) is 21.7 Å². The number of anilines is 2. The molecule has 3 aromatic heterocycles. The first-order valence-corrected chi connectivity index (χ1v) is 24.3. The van der Waals surface area contributed by atoms with Crippen LogP contribution in [0.1, 0.15) is 75.9 Å². The van der Waals surface area contributed by atoms with Gasteiger partial charge < -0.3 is 39.9 Å². The first-order chi connectivity index (χ1) is 31.9. The van der Waals surface area contributed by atoms with E-state index in [0.717, 1.165) is 91.9 Å². The second-order valence-electron chi connectivity index (χ2n) is 18.9. The standard InChI is InChI=1S/C49H62N10O6S/c1-29(2)45(49(63)59-27-37(60)20-41(59)48(62)52-31(4)34-10-12-35(13-11-34)46-32(5)51-28-66-46)43-22-44(55-65-43)64-19-18-56-16-14-33(15-17-56)25-57-26-36-23-50-47-40(58(36)24-30(57)3)21-39(53-54-47)38-8-6-7-9-42(38)61/h6-13,21-22,28-31,33,36-37,41,45,60-61H,14-20,23-27H2,1-5H3,(H,50,54)(H,52,62)/t30-,31-,36-,37+,41-,45+/m0/s1. The molecule has 4 N–H and O–H groups in total. The number of phenols is 1. The topological polar surface area (TPSA) is 186 Å². The number of thiazole rings is 1. The number of piperazine rings is 1. The van der Waals surface area contributed by atoms with E-state index < -0.39 is 18.1 Å². The number of aliphatic hydroxyl groups excluding tert-OH is 1. The number of aromatic nitrogens is 4. The predicted molar refractivity (Wildman–Crippen MR) is 254 cm³/mol. The lowest BCUT2D eigenvalue weighted by molar-refractivity contribution is -0.141.